The minimum Gasteiger partial charge on any atom is -0.364 e. The second kappa shape index (κ2) is 5.63. The monoisotopic (exact) mass is 316 g/mol. The van der Waals surface area contributed by atoms with Gasteiger partial charge in [-0.1, -0.05) is 13.8 Å². The number of hydrogen-bond acceptors (Lipinski definition) is 6. The Bertz CT molecular complexity index is 650. The molecule has 1 aromatic rings. The molecule has 1 N–H and O–H groups in total. The number of aryl methyl sites for hydroxylation is 1. The first-order chi connectivity index (χ1) is 9.71. The van der Waals surface area contributed by atoms with Gasteiger partial charge in [0.1, 0.15) is 5.69 Å². The second-order valence-corrected chi connectivity index (χ2v) is 8.00. The zero-order chi connectivity index (χ0) is 15.8. The molecule has 2 heterocycles. The Morgan fingerprint density at radius 1 is 1.52 bits per heavy atom. The standard InChI is InChI=1S/C12H20N4O4S/c1-8(2)10-11(16(17)18)12(15(3)14-10)13-6-9-4-5-21(19,20)7-9/h8-9,13H,4-7H2,1-3H3. The van der Waals surface area contributed by atoms with E-state index in [-0.39, 0.29) is 29.0 Å². The van der Waals surface area contributed by atoms with Gasteiger partial charge in [-0.05, 0) is 12.3 Å². The second-order valence-electron chi connectivity index (χ2n) is 5.77. The molecule has 0 amide bonds. The van der Waals surface area contributed by atoms with Crippen LogP contribution in [0.3, 0.4) is 0 Å². The number of nitrogens with one attached hydrogen (secondary N) is 1. The van der Waals surface area contributed by atoms with E-state index in [1.165, 1.54) is 4.68 Å². The summed E-state index contributed by atoms with van der Waals surface area (Å²) < 4.78 is 24.3. The molecule has 9 heteroatoms. The van der Waals surface area contributed by atoms with Crippen molar-refractivity contribution in [2.75, 3.05) is 23.4 Å². The summed E-state index contributed by atoms with van der Waals surface area (Å²) in [6.45, 7) is 4.10. The van der Waals surface area contributed by atoms with E-state index in [4.69, 9.17) is 0 Å². The predicted octanol–water partition coefficient (Wildman–Crippen LogP) is 1.30. The van der Waals surface area contributed by atoms with Crippen molar-refractivity contribution in [3.63, 3.8) is 0 Å². The van der Waals surface area contributed by atoms with Crippen LogP contribution in [0.4, 0.5) is 11.5 Å². The van der Waals surface area contributed by atoms with Crippen LogP contribution in [0.15, 0.2) is 0 Å². The maximum Gasteiger partial charge on any atom is 0.334 e. The fourth-order valence-electron chi connectivity index (χ4n) is 2.57. The fourth-order valence-corrected chi connectivity index (χ4v) is 4.44. The number of rotatable bonds is 5. The third-order valence-corrected chi connectivity index (χ3v) is 5.50. The van der Waals surface area contributed by atoms with Gasteiger partial charge in [0.05, 0.1) is 16.4 Å². The molecule has 1 unspecified atom stereocenters. The molecule has 0 saturated carbocycles. The van der Waals surface area contributed by atoms with E-state index in [1.54, 1.807) is 7.05 Å². The highest BCUT2D eigenvalue weighted by Gasteiger charge is 2.31. The average Bonchev–Trinajstić information content (AvgIpc) is 2.87. The van der Waals surface area contributed by atoms with E-state index in [0.29, 0.717) is 24.5 Å². The molecular formula is C12H20N4O4S. The summed E-state index contributed by atoms with van der Waals surface area (Å²) in [6.07, 6.45) is 0.595. The lowest BCUT2D eigenvalue weighted by Gasteiger charge is -2.10. The molecule has 1 aliphatic rings. The topological polar surface area (TPSA) is 107 Å². The van der Waals surface area contributed by atoms with Gasteiger partial charge in [0.15, 0.2) is 9.84 Å². The van der Waals surface area contributed by atoms with Crippen LogP contribution in [0, 0.1) is 16.0 Å². The number of nitrogens with zero attached hydrogens (tertiary/aromatic N) is 3. The van der Waals surface area contributed by atoms with E-state index in [0.717, 1.165) is 0 Å². The van der Waals surface area contributed by atoms with Gasteiger partial charge in [0.2, 0.25) is 5.82 Å². The zero-order valence-electron chi connectivity index (χ0n) is 12.4. The first-order valence-electron chi connectivity index (χ1n) is 6.87. The molecule has 1 atom stereocenters. The van der Waals surface area contributed by atoms with Crippen molar-refractivity contribution in [3.8, 4) is 0 Å². The van der Waals surface area contributed by atoms with Crippen molar-refractivity contribution < 1.29 is 13.3 Å². The molecule has 1 aromatic heterocycles. The van der Waals surface area contributed by atoms with Crippen LogP contribution >= 0.6 is 0 Å². The third-order valence-electron chi connectivity index (χ3n) is 3.66. The smallest absolute Gasteiger partial charge is 0.334 e. The molecule has 0 aliphatic carbocycles. The Morgan fingerprint density at radius 2 is 2.19 bits per heavy atom. The zero-order valence-corrected chi connectivity index (χ0v) is 13.2. The van der Waals surface area contributed by atoms with E-state index < -0.39 is 14.8 Å². The van der Waals surface area contributed by atoms with Gasteiger partial charge < -0.3 is 5.32 Å². The van der Waals surface area contributed by atoms with Gasteiger partial charge in [0, 0.05) is 19.5 Å². The quantitative estimate of drug-likeness (QED) is 0.648. The molecule has 1 aliphatic heterocycles. The summed E-state index contributed by atoms with van der Waals surface area (Å²) in [6, 6.07) is 0. The Labute approximate surface area is 123 Å². The summed E-state index contributed by atoms with van der Waals surface area (Å²) in [4.78, 5) is 10.8. The van der Waals surface area contributed by atoms with Crippen LogP contribution in [-0.2, 0) is 16.9 Å². The lowest BCUT2D eigenvalue weighted by atomic mass is 10.1. The maximum atomic E-state index is 11.4. The van der Waals surface area contributed by atoms with Gasteiger partial charge in [-0.15, -0.1) is 0 Å². The summed E-state index contributed by atoms with van der Waals surface area (Å²) in [7, 11) is -1.30. The van der Waals surface area contributed by atoms with Gasteiger partial charge in [-0.3, -0.25) is 10.1 Å². The molecule has 0 spiro atoms. The van der Waals surface area contributed by atoms with Crippen LogP contribution < -0.4 is 5.32 Å². The molecule has 21 heavy (non-hydrogen) atoms. The number of sulfone groups is 1. The highest BCUT2D eigenvalue weighted by atomic mass is 32.2. The van der Waals surface area contributed by atoms with Crippen molar-refractivity contribution in [2.24, 2.45) is 13.0 Å². The largest absolute Gasteiger partial charge is 0.364 e. The Morgan fingerprint density at radius 3 is 2.67 bits per heavy atom. The Kier molecular flexibility index (Phi) is 4.22. The normalized spacial score (nSPS) is 20.9. The van der Waals surface area contributed by atoms with Crippen LogP contribution in [0.25, 0.3) is 0 Å². The van der Waals surface area contributed by atoms with Crippen molar-refractivity contribution in [1.82, 2.24) is 9.78 Å². The maximum absolute atomic E-state index is 11.4. The summed E-state index contributed by atoms with van der Waals surface area (Å²) >= 11 is 0. The lowest BCUT2D eigenvalue weighted by Crippen LogP contribution is -2.17. The number of nitro groups is 1. The van der Waals surface area contributed by atoms with Crippen molar-refractivity contribution in [2.45, 2.75) is 26.2 Å². The van der Waals surface area contributed by atoms with Gasteiger partial charge in [-0.2, -0.15) is 5.10 Å². The molecule has 1 fully saturated rings. The molecular weight excluding hydrogens is 296 g/mol. The lowest BCUT2D eigenvalue weighted by molar-refractivity contribution is -0.384. The Hall–Kier alpha value is -1.64. The van der Waals surface area contributed by atoms with Gasteiger partial charge >= 0.3 is 5.69 Å². The van der Waals surface area contributed by atoms with E-state index in [2.05, 4.69) is 10.4 Å². The van der Waals surface area contributed by atoms with Gasteiger partial charge in [0.25, 0.3) is 0 Å². The van der Waals surface area contributed by atoms with Crippen LogP contribution in [0.1, 0.15) is 31.9 Å². The van der Waals surface area contributed by atoms with Crippen molar-refractivity contribution in [1.29, 1.82) is 0 Å². The number of aromatic nitrogens is 2. The van der Waals surface area contributed by atoms with Crippen LogP contribution in [-0.4, -0.2) is 41.2 Å². The predicted molar refractivity (Wildman–Crippen MR) is 79.2 cm³/mol. The Balaban J connectivity index is 2.18. The molecule has 0 bridgehead atoms. The summed E-state index contributed by atoms with van der Waals surface area (Å²) in [5, 5.41) is 18.5. The fraction of sp³-hybridized carbons (Fsp3) is 0.750. The van der Waals surface area contributed by atoms with Gasteiger partial charge in [-0.25, -0.2) is 13.1 Å². The van der Waals surface area contributed by atoms with E-state index >= 15 is 0 Å². The highest BCUT2D eigenvalue weighted by Crippen LogP contribution is 2.33. The average molecular weight is 316 g/mol. The van der Waals surface area contributed by atoms with E-state index in [9.17, 15) is 18.5 Å². The minimum atomic E-state index is -2.94. The molecule has 118 valence electrons. The van der Waals surface area contributed by atoms with E-state index in [1.807, 2.05) is 13.8 Å². The first kappa shape index (κ1) is 15.7. The summed E-state index contributed by atoms with van der Waals surface area (Å²) in [5.74, 6) is 0.617. The highest BCUT2D eigenvalue weighted by molar-refractivity contribution is 7.91. The summed E-state index contributed by atoms with van der Waals surface area (Å²) in [5.41, 5.74) is 0.414. The molecule has 1 saturated heterocycles. The number of anilines is 1. The molecule has 8 nitrogen and oxygen atoms in total. The van der Waals surface area contributed by atoms with Crippen LogP contribution in [0.2, 0.25) is 0 Å². The van der Waals surface area contributed by atoms with Crippen molar-refractivity contribution in [3.05, 3.63) is 15.8 Å². The molecule has 0 radical (unpaired) electrons. The van der Waals surface area contributed by atoms with Crippen molar-refractivity contribution >= 4 is 21.3 Å². The minimum absolute atomic E-state index is 0.00740. The SMILES string of the molecule is CC(C)c1nn(C)c(NCC2CCS(=O)(=O)C2)c1[N+](=O)[O-]. The van der Waals surface area contributed by atoms with Crippen LogP contribution in [0.5, 0.6) is 0 Å². The molecule has 2 rings (SSSR count). The molecule has 0 aromatic carbocycles. The first-order valence-corrected chi connectivity index (χ1v) is 8.69. The number of hydrogen-bond donors (Lipinski definition) is 1. The third kappa shape index (κ3) is 3.34.